The highest BCUT2D eigenvalue weighted by Gasteiger charge is 2.14. The lowest BCUT2D eigenvalue weighted by molar-refractivity contribution is 0.114. The van der Waals surface area contributed by atoms with E-state index in [0.29, 0.717) is 19.0 Å². The molecule has 0 bridgehead atoms. The van der Waals surface area contributed by atoms with Crippen LogP contribution in [0.1, 0.15) is 18.4 Å². The smallest absolute Gasteiger partial charge is 0.189 e. The maximum absolute atomic E-state index is 13.5. The molecule has 1 aliphatic rings. The second kappa shape index (κ2) is 7.09. The second-order valence-electron chi connectivity index (χ2n) is 4.69. The second-order valence-corrected chi connectivity index (χ2v) is 4.69. The highest BCUT2D eigenvalue weighted by atomic mass is 19.1. The Kier molecular flexibility index (Phi) is 5.17. The summed E-state index contributed by atoms with van der Waals surface area (Å²) in [5.41, 5.74) is 6.50. The number of guanidine groups is 1. The highest BCUT2D eigenvalue weighted by Crippen LogP contribution is 2.18. The van der Waals surface area contributed by atoms with Gasteiger partial charge in [0, 0.05) is 13.2 Å². The Bertz CT molecular complexity index is 473. The van der Waals surface area contributed by atoms with Crippen molar-refractivity contribution in [2.45, 2.75) is 25.5 Å². The summed E-state index contributed by atoms with van der Waals surface area (Å²) in [5, 5.41) is 3.02. The first kappa shape index (κ1) is 14.6. The number of nitrogens with one attached hydrogen (secondary N) is 1. The molecule has 2 rings (SSSR count). The van der Waals surface area contributed by atoms with Gasteiger partial charge in [-0.3, -0.25) is 0 Å². The average Bonchev–Trinajstić information content (AvgIpc) is 2.96. The molecule has 3 N–H and O–H groups in total. The van der Waals surface area contributed by atoms with Gasteiger partial charge in [0.05, 0.1) is 19.8 Å². The largest absolute Gasteiger partial charge is 0.494 e. The van der Waals surface area contributed by atoms with Gasteiger partial charge >= 0.3 is 0 Å². The van der Waals surface area contributed by atoms with E-state index in [-0.39, 0.29) is 11.9 Å². The van der Waals surface area contributed by atoms with Gasteiger partial charge in [-0.1, -0.05) is 6.07 Å². The van der Waals surface area contributed by atoms with Crippen molar-refractivity contribution in [3.8, 4) is 5.75 Å². The monoisotopic (exact) mass is 281 g/mol. The first-order chi connectivity index (χ1) is 9.69. The summed E-state index contributed by atoms with van der Waals surface area (Å²) in [4.78, 5) is 4.17. The number of hydrogen-bond donors (Lipinski definition) is 2. The molecule has 1 aromatic carbocycles. The predicted octanol–water partition coefficient (Wildman–Crippen LogP) is 1.42. The summed E-state index contributed by atoms with van der Waals surface area (Å²) in [7, 11) is 1.43. The summed E-state index contributed by atoms with van der Waals surface area (Å²) in [6.07, 6.45) is 2.35. The summed E-state index contributed by atoms with van der Waals surface area (Å²) in [6, 6.07) is 4.74. The van der Waals surface area contributed by atoms with Crippen LogP contribution in [0.25, 0.3) is 0 Å². The molecule has 0 aliphatic carbocycles. The summed E-state index contributed by atoms with van der Waals surface area (Å²) in [5.74, 6) is 0.171. The van der Waals surface area contributed by atoms with Crippen LogP contribution in [0.2, 0.25) is 0 Å². The Labute approximate surface area is 118 Å². The van der Waals surface area contributed by atoms with E-state index in [2.05, 4.69) is 10.3 Å². The molecule has 110 valence electrons. The van der Waals surface area contributed by atoms with Crippen LogP contribution in [0.4, 0.5) is 4.39 Å². The van der Waals surface area contributed by atoms with E-state index in [1.165, 1.54) is 13.2 Å². The number of benzene rings is 1. The molecule has 20 heavy (non-hydrogen) atoms. The van der Waals surface area contributed by atoms with Crippen molar-refractivity contribution in [1.82, 2.24) is 5.32 Å². The predicted molar refractivity (Wildman–Crippen MR) is 75.3 cm³/mol. The normalized spacial score (nSPS) is 19.1. The number of ether oxygens (including phenoxy) is 2. The van der Waals surface area contributed by atoms with Crippen molar-refractivity contribution in [1.29, 1.82) is 0 Å². The van der Waals surface area contributed by atoms with Crippen molar-refractivity contribution < 1.29 is 13.9 Å². The fraction of sp³-hybridized carbons (Fsp3) is 0.500. The Balaban J connectivity index is 1.82. The SMILES string of the molecule is COc1ccc(CN=C(N)NCC2CCCO2)cc1F. The van der Waals surface area contributed by atoms with Gasteiger partial charge in [0.25, 0.3) is 0 Å². The molecule has 1 aromatic rings. The Morgan fingerprint density at radius 2 is 2.45 bits per heavy atom. The number of methoxy groups -OCH3 is 1. The van der Waals surface area contributed by atoms with Crippen LogP contribution in [-0.4, -0.2) is 32.3 Å². The first-order valence-corrected chi connectivity index (χ1v) is 6.67. The molecular weight excluding hydrogens is 261 g/mol. The molecule has 1 fully saturated rings. The zero-order chi connectivity index (χ0) is 14.4. The molecule has 1 unspecified atom stereocenters. The van der Waals surface area contributed by atoms with Crippen LogP contribution < -0.4 is 15.8 Å². The molecular formula is C14H20FN3O2. The summed E-state index contributed by atoms with van der Waals surface area (Å²) in [6.45, 7) is 1.80. The molecule has 0 radical (unpaired) electrons. The van der Waals surface area contributed by atoms with Crippen molar-refractivity contribution in [3.05, 3.63) is 29.6 Å². The molecule has 5 nitrogen and oxygen atoms in total. The quantitative estimate of drug-likeness (QED) is 0.632. The number of rotatable bonds is 5. The fourth-order valence-electron chi connectivity index (χ4n) is 2.06. The molecule has 0 amide bonds. The lowest BCUT2D eigenvalue weighted by atomic mass is 10.2. The third-order valence-corrected chi connectivity index (χ3v) is 3.18. The van der Waals surface area contributed by atoms with Crippen molar-refractivity contribution in [2.75, 3.05) is 20.3 Å². The van der Waals surface area contributed by atoms with E-state index in [9.17, 15) is 4.39 Å². The van der Waals surface area contributed by atoms with Crippen molar-refractivity contribution in [2.24, 2.45) is 10.7 Å². The van der Waals surface area contributed by atoms with Crippen molar-refractivity contribution >= 4 is 5.96 Å². The minimum Gasteiger partial charge on any atom is -0.494 e. The standard InChI is InChI=1S/C14H20FN3O2/c1-19-13-5-4-10(7-12(13)15)8-17-14(16)18-9-11-3-2-6-20-11/h4-5,7,11H,2-3,6,8-9H2,1H3,(H3,16,17,18). The van der Waals surface area contributed by atoms with E-state index in [1.807, 2.05) is 0 Å². The van der Waals surface area contributed by atoms with E-state index in [4.69, 9.17) is 15.2 Å². The molecule has 0 saturated carbocycles. The van der Waals surface area contributed by atoms with Gasteiger partial charge in [-0.05, 0) is 30.5 Å². The van der Waals surface area contributed by atoms with Crippen LogP contribution >= 0.6 is 0 Å². The van der Waals surface area contributed by atoms with Gasteiger partial charge in [-0.15, -0.1) is 0 Å². The van der Waals surface area contributed by atoms with E-state index >= 15 is 0 Å². The molecule has 1 aliphatic heterocycles. The number of halogens is 1. The number of aliphatic imine (C=N–C) groups is 1. The molecule has 0 aromatic heterocycles. The summed E-state index contributed by atoms with van der Waals surface area (Å²) >= 11 is 0. The number of nitrogens with two attached hydrogens (primary N) is 1. The topological polar surface area (TPSA) is 68.9 Å². The van der Waals surface area contributed by atoms with Gasteiger partial charge < -0.3 is 20.5 Å². The molecule has 1 heterocycles. The van der Waals surface area contributed by atoms with Gasteiger partial charge in [-0.25, -0.2) is 9.38 Å². The number of nitrogens with zero attached hydrogens (tertiary/aromatic N) is 1. The zero-order valence-corrected chi connectivity index (χ0v) is 11.6. The number of hydrogen-bond acceptors (Lipinski definition) is 3. The highest BCUT2D eigenvalue weighted by molar-refractivity contribution is 5.77. The Morgan fingerprint density at radius 1 is 1.60 bits per heavy atom. The van der Waals surface area contributed by atoms with Gasteiger partial charge in [0.15, 0.2) is 17.5 Å². The Morgan fingerprint density at radius 3 is 3.10 bits per heavy atom. The van der Waals surface area contributed by atoms with Crippen LogP contribution in [-0.2, 0) is 11.3 Å². The minimum atomic E-state index is -0.397. The first-order valence-electron chi connectivity index (χ1n) is 6.67. The maximum atomic E-state index is 13.5. The molecule has 1 atom stereocenters. The van der Waals surface area contributed by atoms with Crippen LogP contribution in [0, 0.1) is 5.82 Å². The van der Waals surface area contributed by atoms with Gasteiger partial charge in [0.2, 0.25) is 0 Å². The van der Waals surface area contributed by atoms with Crippen LogP contribution in [0.3, 0.4) is 0 Å². The van der Waals surface area contributed by atoms with Crippen LogP contribution in [0.5, 0.6) is 5.75 Å². The Hall–Kier alpha value is -1.82. The van der Waals surface area contributed by atoms with Crippen molar-refractivity contribution in [3.63, 3.8) is 0 Å². The molecule has 1 saturated heterocycles. The lowest BCUT2D eigenvalue weighted by Gasteiger charge is -2.11. The van der Waals surface area contributed by atoms with Gasteiger partial charge in [-0.2, -0.15) is 0 Å². The third-order valence-electron chi connectivity index (χ3n) is 3.18. The average molecular weight is 281 g/mol. The van der Waals surface area contributed by atoms with Crippen LogP contribution in [0.15, 0.2) is 23.2 Å². The molecule has 0 spiro atoms. The third kappa shape index (κ3) is 4.09. The fourth-order valence-corrected chi connectivity index (χ4v) is 2.06. The van der Waals surface area contributed by atoms with E-state index in [0.717, 1.165) is 25.0 Å². The van der Waals surface area contributed by atoms with Gasteiger partial charge in [0.1, 0.15) is 0 Å². The van der Waals surface area contributed by atoms with E-state index < -0.39 is 5.82 Å². The maximum Gasteiger partial charge on any atom is 0.189 e. The van der Waals surface area contributed by atoms with E-state index in [1.54, 1.807) is 12.1 Å². The molecule has 6 heteroatoms. The minimum absolute atomic E-state index is 0.210. The lowest BCUT2D eigenvalue weighted by Crippen LogP contribution is -2.37. The zero-order valence-electron chi connectivity index (χ0n) is 11.6. The summed E-state index contributed by atoms with van der Waals surface area (Å²) < 4.78 is 23.8.